The summed E-state index contributed by atoms with van der Waals surface area (Å²) < 4.78 is 1.79. The molecular weight excluding hydrogens is 304 g/mol. The number of thioether (sulfide) groups is 1. The van der Waals surface area contributed by atoms with E-state index in [1.807, 2.05) is 25.9 Å². The first kappa shape index (κ1) is 16.2. The van der Waals surface area contributed by atoms with Gasteiger partial charge in [0.15, 0.2) is 0 Å². The van der Waals surface area contributed by atoms with Crippen LogP contribution in [0.2, 0.25) is 0 Å². The summed E-state index contributed by atoms with van der Waals surface area (Å²) in [6.07, 6.45) is 3.00. The van der Waals surface area contributed by atoms with Crippen molar-refractivity contribution in [1.82, 2.24) is 14.7 Å². The Balaban J connectivity index is 2.39. The van der Waals surface area contributed by atoms with E-state index in [1.54, 1.807) is 16.4 Å². The third kappa shape index (κ3) is 2.76. The number of amides is 1. The summed E-state index contributed by atoms with van der Waals surface area (Å²) in [7, 11) is 3.74. The summed E-state index contributed by atoms with van der Waals surface area (Å²) in [6, 6.07) is 0.233. The van der Waals surface area contributed by atoms with Crippen molar-refractivity contribution in [1.29, 1.82) is 0 Å². The predicted molar refractivity (Wildman–Crippen MR) is 92.3 cm³/mol. The number of carbonyl (C=O) groups excluding carboxylic acids is 1. The standard InChI is InChI=1S/C14H22N4OS2/c1-6-9(7-20-5)17(3)13(19)12-11(15)10-8(2)16-18(4)14(10)21-12/h9H,6-7,15H2,1-5H3. The van der Waals surface area contributed by atoms with Gasteiger partial charge < -0.3 is 10.6 Å². The highest BCUT2D eigenvalue weighted by molar-refractivity contribution is 7.98. The minimum Gasteiger partial charge on any atom is -0.397 e. The highest BCUT2D eigenvalue weighted by Crippen LogP contribution is 2.36. The number of carbonyl (C=O) groups is 1. The molecule has 1 unspecified atom stereocenters. The molecule has 2 N–H and O–H groups in total. The highest BCUT2D eigenvalue weighted by Gasteiger charge is 2.26. The second kappa shape index (κ2) is 6.27. The fraction of sp³-hybridized carbons (Fsp3) is 0.571. The molecule has 0 fully saturated rings. The molecule has 0 aromatic carbocycles. The molecule has 2 aromatic rings. The van der Waals surface area contributed by atoms with Gasteiger partial charge in [-0.1, -0.05) is 6.92 Å². The van der Waals surface area contributed by atoms with Crippen molar-refractivity contribution in [2.75, 3.05) is 24.8 Å². The number of thiophene rings is 1. The Hall–Kier alpha value is -1.21. The lowest BCUT2D eigenvalue weighted by molar-refractivity contribution is 0.0749. The summed E-state index contributed by atoms with van der Waals surface area (Å²) >= 11 is 3.19. The van der Waals surface area contributed by atoms with E-state index in [-0.39, 0.29) is 11.9 Å². The van der Waals surface area contributed by atoms with Crippen LogP contribution in [-0.4, -0.2) is 45.7 Å². The number of aryl methyl sites for hydroxylation is 2. The van der Waals surface area contributed by atoms with Crippen molar-refractivity contribution in [2.45, 2.75) is 26.3 Å². The minimum absolute atomic E-state index is 0.00833. The van der Waals surface area contributed by atoms with Crippen LogP contribution in [0, 0.1) is 6.92 Å². The number of hydrogen-bond donors (Lipinski definition) is 1. The fourth-order valence-corrected chi connectivity index (χ4v) is 4.52. The number of rotatable bonds is 5. The molecule has 2 aromatic heterocycles. The van der Waals surface area contributed by atoms with Gasteiger partial charge in [-0.2, -0.15) is 16.9 Å². The Bertz CT molecular complexity index is 662. The third-order valence-electron chi connectivity index (χ3n) is 3.77. The number of nitrogens with zero attached hydrogens (tertiary/aromatic N) is 3. The molecular formula is C14H22N4OS2. The van der Waals surface area contributed by atoms with E-state index in [2.05, 4.69) is 18.3 Å². The molecule has 0 bridgehead atoms. The van der Waals surface area contributed by atoms with Crippen molar-refractivity contribution in [2.24, 2.45) is 7.05 Å². The van der Waals surface area contributed by atoms with Crippen LogP contribution in [-0.2, 0) is 7.05 Å². The lowest BCUT2D eigenvalue weighted by Crippen LogP contribution is -2.38. The lowest BCUT2D eigenvalue weighted by Gasteiger charge is -2.26. The lowest BCUT2D eigenvalue weighted by atomic mass is 10.2. The van der Waals surface area contributed by atoms with Gasteiger partial charge in [-0.15, -0.1) is 11.3 Å². The summed E-state index contributed by atoms with van der Waals surface area (Å²) in [4.78, 5) is 16.2. The molecule has 0 aliphatic carbocycles. The van der Waals surface area contributed by atoms with Gasteiger partial charge >= 0.3 is 0 Å². The van der Waals surface area contributed by atoms with Crippen LogP contribution in [0.4, 0.5) is 5.69 Å². The second-order valence-corrected chi connectivity index (χ2v) is 7.08. The largest absolute Gasteiger partial charge is 0.397 e. The zero-order valence-electron chi connectivity index (χ0n) is 13.1. The second-order valence-electron chi connectivity index (χ2n) is 5.17. The van der Waals surface area contributed by atoms with Gasteiger partial charge in [-0.05, 0) is 19.6 Å². The fourth-order valence-electron chi connectivity index (χ4n) is 2.51. The maximum atomic E-state index is 12.7. The van der Waals surface area contributed by atoms with Crippen LogP contribution in [0.15, 0.2) is 0 Å². The van der Waals surface area contributed by atoms with Crippen LogP contribution in [0.1, 0.15) is 28.7 Å². The van der Waals surface area contributed by atoms with Crippen molar-refractivity contribution in [3.05, 3.63) is 10.6 Å². The number of hydrogen-bond acceptors (Lipinski definition) is 5. The predicted octanol–water partition coefficient (Wildman–Crippen LogP) is 2.74. The van der Waals surface area contributed by atoms with E-state index >= 15 is 0 Å². The maximum absolute atomic E-state index is 12.7. The molecule has 0 aliphatic rings. The first-order valence-corrected chi connectivity index (χ1v) is 9.11. The van der Waals surface area contributed by atoms with Crippen LogP contribution in [0.5, 0.6) is 0 Å². The van der Waals surface area contributed by atoms with Gasteiger partial charge in [-0.3, -0.25) is 9.48 Å². The average Bonchev–Trinajstić information content (AvgIpc) is 2.94. The molecule has 0 radical (unpaired) electrons. The first-order chi connectivity index (χ1) is 9.92. The van der Waals surface area contributed by atoms with Crippen LogP contribution >= 0.6 is 23.1 Å². The Kier molecular flexibility index (Phi) is 4.83. The molecule has 7 heteroatoms. The van der Waals surface area contributed by atoms with Gasteiger partial charge in [0.2, 0.25) is 0 Å². The van der Waals surface area contributed by atoms with Crippen LogP contribution in [0.3, 0.4) is 0 Å². The average molecular weight is 326 g/mol. The van der Waals surface area contributed by atoms with Gasteiger partial charge in [0.05, 0.1) is 16.8 Å². The SMILES string of the molecule is CCC(CSC)N(C)C(=O)c1sc2c(c(C)nn2C)c1N. The summed E-state index contributed by atoms with van der Waals surface area (Å²) in [6.45, 7) is 4.03. The van der Waals surface area contributed by atoms with E-state index in [1.165, 1.54) is 11.3 Å². The van der Waals surface area contributed by atoms with Crippen LogP contribution < -0.4 is 5.73 Å². The molecule has 21 heavy (non-hydrogen) atoms. The number of anilines is 1. The quantitative estimate of drug-likeness (QED) is 0.917. The minimum atomic E-state index is 0.00833. The number of aromatic nitrogens is 2. The van der Waals surface area contributed by atoms with Gasteiger partial charge in [0, 0.05) is 25.9 Å². The summed E-state index contributed by atoms with van der Waals surface area (Å²) in [5.41, 5.74) is 7.65. The zero-order chi connectivity index (χ0) is 15.7. The van der Waals surface area contributed by atoms with Crippen molar-refractivity contribution < 1.29 is 4.79 Å². The Labute approximate surface area is 133 Å². The van der Waals surface area contributed by atoms with E-state index in [0.717, 1.165) is 28.1 Å². The van der Waals surface area contributed by atoms with E-state index in [9.17, 15) is 4.79 Å². The molecule has 2 rings (SSSR count). The molecule has 1 atom stereocenters. The molecule has 0 spiro atoms. The number of fused-ring (bicyclic) bond motifs is 1. The topological polar surface area (TPSA) is 64.2 Å². The molecule has 0 saturated heterocycles. The van der Waals surface area contributed by atoms with Crippen molar-refractivity contribution in [3.8, 4) is 0 Å². The Morgan fingerprint density at radius 1 is 1.57 bits per heavy atom. The van der Waals surface area contributed by atoms with Crippen molar-refractivity contribution >= 4 is 44.9 Å². The van der Waals surface area contributed by atoms with E-state index < -0.39 is 0 Å². The number of nitrogens with two attached hydrogens (primary N) is 1. The Morgan fingerprint density at radius 2 is 2.24 bits per heavy atom. The van der Waals surface area contributed by atoms with E-state index in [4.69, 9.17) is 5.73 Å². The highest BCUT2D eigenvalue weighted by atomic mass is 32.2. The van der Waals surface area contributed by atoms with Gasteiger partial charge in [-0.25, -0.2) is 0 Å². The van der Waals surface area contributed by atoms with Gasteiger partial charge in [0.1, 0.15) is 9.71 Å². The van der Waals surface area contributed by atoms with Crippen molar-refractivity contribution in [3.63, 3.8) is 0 Å². The molecule has 5 nitrogen and oxygen atoms in total. The number of nitrogen functional groups attached to an aromatic ring is 1. The van der Waals surface area contributed by atoms with Gasteiger partial charge in [0.25, 0.3) is 5.91 Å². The normalized spacial score (nSPS) is 12.8. The zero-order valence-corrected chi connectivity index (χ0v) is 14.8. The molecule has 0 saturated carbocycles. The third-order valence-corrected chi connectivity index (χ3v) is 5.75. The molecule has 116 valence electrons. The summed E-state index contributed by atoms with van der Waals surface area (Å²) in [5, 5.41) is 5.27. The molecule has 2 heterocycles. The van der Waals surface area contributed by atoms with Crippen LogP contribution in [0.25, 0.3) is 10.2 Å². The molecule has 1 amide bonds. The monoisotopic (exact) mass is 326 g/mol. The summed E-state index contributed by atoms with van der Waals surface area (Å²) in [5.74, 6) is 0.943. The molecule has 0 aliphatic heterocycles. The Morgan fingerprint density at radius 3 is 2.76 bits per heavy atom. The first-order valence-electron chi connectivity index (χ1n) is 6.90. The smallest absolute Gasteiger partial charge is 0.266 e. The van der Waals surface area contributed by atoms with E-state index in [0.29, 0.717) is 10.6 Å². The maximum Gasteiger partial charge on any atom is 0.266 e.